The predicted octanol–water partition coefficient (Wildman–Crippen LogP) is 6.24. The van der Waals surface area contributed by atoms with Gasteiger partial charge in [-0.05, 0) is 73.7 Å². The van der Waals surface area contributed by atoms with Crippen molar-refractivity contribution >= 4 is 5.97 Å². The van der Waals surface area contributed by atoms with Crippen molar-refractivity contribution in [3.05, 3.63) is 11.3 Å². The van der Waals surface area contributed by atoms with Crippen LogP contribution in [0.5, 0.6) is 0 Å². The van der Waals surface area contributed by atoms with Crippen LogP contribution in [0.4, 0.5) is 0 Å². The van der Waals surface area contributed by atoms with E-state index in [1.54, 1.807) is 0 Å². The van der Waals surface area contributed by atoms with Crippen molar-refractivity contribution in [3.8, 4) is 0 Å². The fraction of sp³-hybridized carbons (Fsp3) is 0.893. The average Bonchev–Trinajstić information content (AvgIpc) is 3.10. The van der Waals surface area contributed by atoms with E-state index in [1.165, 1.54) is 44.1 Å². The summed E-state index contributed by atoms with van der Waals surface area (Å²) in [4.78, 5) is 13.3. The normalized spacial score (nSPS) is 40.0. The molecule has 3 aliphatic carbocycles. The highest BCUT2D eigenvalue weighted by Crippen LogP contribution is 2.65. The number of ether oxygens (including phenoxy) is 2. The van der Waals surface area contributed by atoms with Crippen LogP contribution in [0, 0.1) is 40.4 Å². The summed E-state index contributed by atoms with van der Waals surface area (Å²) < 4.78 is 12.2. The van der Waals surface area contributed by atoms with Crippen LogP contribution in [0.3, 0.4) is 0 Å². The zero-order chi connectivity index (χ0) is 23.1. The lowest BCUT2D eigenvalue weighted by atomic mass is 9.54. The number of carbonyl (C=O) groups is 1. The van der Waals surface area contributed by atoms with Crippen molar-refractivity contribution in [1.29, 1.82) is 0 Å². The zero-order valence-corrected chi connectivity index (χ0v) is 21.3. The van der Waals surface area contributed by atoms with E-state index >= 15 is 0 Å². The van der Waals surface area contributed by atoms with Crippen LogP contribution < -0.4 is 5.73 Å². The molecular formula is C28H47NO3. The minimum atomic E-state index is -0.0608. The second-order valence-corrected chi connectivity index (χ2v) is 12.3. The molecule has 4 nitrogen and oxygen atoms in total. The standard InChI is InChI=1S/C28H47NO3/c1-18(2)7-6-8-19(3)21-9-10-22-25-23(12-14-27(21,22)4)28(5)13-11-20(31-16-15-29)17-24(28)26(30)32-25/h18-22,24H,6-17,29H2,1-5H3/t19-,20+,21-,22+,24-,27-,28-/m1/s1. The highest BCUT2D eigenvalue weighted by Gasteiger charge is 2.59. The maximum absolute atomic E-state index is 13.3. The Balaban J connectivity index is 1.52. The van der Waals surface area contributed by atoms with Gasteiger partial charge in [-0.2, -0.15) is 0 Å². The second-order valence-electron chi connectivity index (χ2n) is 12.3. The molecule has 0 bridgehead atoms. The number of hydrogen-bond acceptors (Lipinski definition) is 4. The van der Waals surface area contributed by atoms with E-state index in [-0.39, 0.29) is 28.8 Å². The maximum atomic E-state index is 13.3. The molecular weight excluding hydrogens is 398 g/mol. The lowest BCUT2D eigenvalue weighted by Gasteiger charge is -2.53. The van der Waals surface area contributed by atoms with Crippen molar-refractivity contribution < 1.29 is 14.3 Å². The van der Waals surface area contributed by atoms with Crippen molar-refractivity contribution in [2.45, 2.75) is 105 Å². The number of nitrogens with two attached hydrogens (primary N) is 1. The Morgan fingerprint density at radius 1 is 1.09 bits per heavy atom. The maximum Gasteiger partial charge on any atom is 0.315 e. The Bertz CT molecular complexity index is 730. The summed E-state index contributed by atoms with van der Waals surface area (Å²) >= 11 is 0. The number of hydrogen-bond donors (Lipinski definition) is 1. The molecule has 2 saturated carbocycles. The lowest BCUT2D eigenvalue weighted by Crippen LogP contribution is -2.50. The molecule has 1 heterocycles. The van der Waals surface area contributed by atoms with E-state index < -0.39 is 0 Å². The molecule has 0 aromatic carbocycles. The average molecular weight is 446 g/mol. The molecule has 0 spiro atoms. The Morgan fingerprint density at radius 2 is 1.88 bits per heavy atom. The number of carbonyl (C=O) groups excluding carboxylic acids is 1. The van der Waals surface area contributed by atoms with Gasteiger partial charge in [0.1, 0.15) is 5.76 Å². The number of rotatable bonds is 8. The summed E-state index contributed by atoms with van der Waals surface area (Å²) in [7, 11) is 0. The van der Waals surface area contributed by atoms with E-state index in [1.807, 2.05) is 0 Å². The Morgan fingerprint density at radius 3 is 2.59 bits per heavy atom. The minimum Gasteiger partial charge on any atom is -0.431 e. The monoisotopic (exact) mass is 445 g/mol. The highest BCUT2D eigenvalue weighted by atomic mass is 16.5. The van der Waals surface area contributed by atoms with Gasteiger partial charge in [-0.1, -0.05) is 53.9 Å². The van der Waals surface area contributed by atoms with Crippen molar-refractivity contribution in [2.24, 2.45) is 46.2 Å². The third-order valence-electron chi connectivity index (χ3n) is 9.97. The van der Waals surface area contributed by atoms with Crippen molar-refractivity contribution in [1.82, 2.24) is 0 Å². The molecule has 1 aliphatic heterocycles. The van der Waals surface area contributed by atoms with Crippen LogP contribution >= 0.6 is 0 Å². The molecule has 4 rings (SSSR count). The molecule has 0 aromatic heterocycles. The lowest BCUT2D eigenvalue weighted by molar-refractivity contribution is -0.160. The van der Waals surface area contributed by atoms with Crippen LogP contribution in [0.1, 0.15) is 98.8 Å². The van der Waals surface area contributed by atoms with E-state index in [2.05, 4.69) is 34.6 Å². The van der Waals surface area contributed by atoms with Gasteiger partial charge in [0.2, 0.25) is 0 Å². The van der Waals surface area contributed by atoms with E-state index in [9.17, 15) is 4.79 Å². The van der Waals surface area contributed by atoms with E-state index in [0.29, 0.717) is 19.1 Å². The molecule has 2 N–H and O–H groups in total. The van der Waals surface area contributed by atoms with Gasteiger partial charge >= 0.3 is 5.97 Å². The zero-order valence-electron chi connectivity index (χ0n) is 21.3. The second kappa shape index (κ2) is 9.41. The fourth-order valence-electron chi connectivity index (χ4n) is 8.02. The number of allylic oxidation sites excluding steroid dienone is 2. The third-order valence-corrected chi connectivity index (χ3v) is 9.97. The first kappa shape index (κ1) is 24.3. The molecule has 0 radical (unpaired) electrons. The predicted molar refractivity (Wildman–Crippen MR) is 129 cm³/mol. The molecule has 7 atom stereocenters. The minimum absolute atomic E-state index is 0.00461. The van der Waals surface area contributed by atoms with Gasteiger partial charge in [-0.15, -0.1) is 0 Å². The molecule has 2 fully saturated rings. The highest BCUT2D eigenvalue weighted by molar-refractivity contribution is 5.77. The van der Waals surface area contributed by atoms with Crippen LogP contribution in [0.15, 0.2) is 11.3 Å². The first-order valence-electron chi connectivity index (χ1n) is 13.5. The summed E-state index contributed by atoms with van der Waals surface area (Å²) in [6.07, 6.45) is 11.8. The van der Waals surface area contributed by atoms with E-state index in [0.717, 1.165) is 49.2 Å². The van der Waals surface area contributed by atoms with Crippen LogP contribution in [0.25, 0.3) is 0 Å². The first-order valence-corrected chi connectivity index (χ1v) is 13.5. The quantitative estimate of drug-likeness (QED) is 0.449. The molecule has 0 saturated heterocycles. The molecule has 0 unspecified atom stereocenters. The summed E-state index contributed by atoms with van der Waals surface area (Å²) in [5.41, 5.74) is 7.34. The van der Waals surface area contributed by atoms with Crippen LogP contribution in [-0.2, 0) is 14.3 Å². The topological polar surface area (TPSA) is 61.5 Å². The Hall–Kier alpha value is -0.870. The van der Waals surface area contributed by atoms with Gasteiger partial charge < -0.3 is 15.2 Å². The van der Waals surface area contributed by atoms with Gasteiger partial charge in [-0.25, -0.2) is 0 Å². The molecule has 0 amide bonds. The third kappa shape index (κ3) is 4.19. The van der Waals surface area contributed by atoms with Crippen molar-refractivity contribution in [2.75, 3.05) is 13.2 Å². The fourth-order valence-corrected chi connectivity index (χ4v) is 8.02. The molecule has 4 heteroatoms. The smallest absolute Gasteiger partial charge is 0.315 e. The largest absolute Gasteiger partial charge is 0.431 e. The summed E-state index contributed by atoms with van der Waals surface area (Å²) in [5, 5.41) is 0. The van der Waals surface area contributed by atoms with Gasteiger partial charge in [-0.3, -0.25) is 4.79 Å². The SMILES string of the molecule is CC(C)CCC[C@@H](C)[C@H]1CC[C@H]2C3=C(CC[C@]12C)[C@@]1(C)CC[C@H](OCCN)C[C@@H]1C(=O)O3. The van der Waals surface area contributed by atoms with E-state index in [4.69, 9.17) is 15.2 Å². The van der Waals surface area contributed by atoms with Crippen molar-refractivity contribution in [3.63, 3.8) is 0 Å². The molecule has 182 valence electrons. The van der Waals surface area contributed by atoms with Gasteiger partial charge in [0, 0.05) is 17.9 Å². The van der Waals surface area contributed by atoms with Crippen LogP contribution in [0.2, 0.25) is 0 Å². The van der Waals surface area contributed by atoms with Gasteiger partial charge in [0.25, 0.3) is 0 Å². The summed E-state index contributed by atoms with van der Waals surface area (Å²) in [5.74, 6) is 3.77. The Kier molecular flexibility index (Phi) is 7.13. The number of esters is 1. The van der Waals surface area contributed by atoms with Crippen LogP contribution in [-0.4, -0.2) is 25.2 Å². The summed E-state index contributed by atoms with van der Waals surface area (Å²) in [6, 6.07) is 0. The Labute approximate surface area is 196 Å². The summed E-state index contributed by atoms with van der Waals surface area (Å²) in [6.45, 7) is 13.1. The number of fused-ring (bicyclic) bond motifs is 4. The first-order chi connectivity index (χ1) is 15.2. The van der Waals surface area contributed by atoms with Gasteiger partial charge in [0.15, 0.2) is 0 Å². The molecule has 0 aromatic rings. The van der Waals surface area contributed by atoms with Gasteiger partial charge in [0.05, 0.1) is 18.6 Å². The molecule has 32 heavy (non-hydrogen) atoms. The molecule has 4 aliphatic rings.